The minimum Gasteiger partial charge on any atom is -0.261 e. The topological polar surface area (TPSA) is 25.8 Å². The maximum atomic E-state index is 4.62. The predicted octanol–water partition coefficient (Wildman–Crippen LogP) is 4.14. The molecule has 2 heteroatoms. The molecule has 0 atom stereocenters. The molecular weight excluding hydrogens is 232 g/mol. The van der Waals surface area contributed by atoms with Gasteiger partial charge in [0.1, 0.15) is 0 Å². The summed E-state index contributed by atoms with van der Waals surface area (Å²) in [7, 11) is 0. The first-order chi connectivity index (χ1) is 9.28. The molecule has 0 aliphatic heterocycles. The van der Waals surface area contributed by atoms with Crippen LogP contribution in [0.2, 0.25) is 0 Å². The number of nitrogens with zero attached hydrogens (tertiary/aromatic N) is 2. The van der Waals surface area contributed by atoms with Crippen molar-refractivity contribution in [2.24, 2.45) is 0 Å². The quantitative estimate of drug-likeness (QED) is 0.798. The van der Waals surface area contributed by atoms with Crippen molar-refractivity contribution >= 4 is 11.6 Å². The van der Waals surface area contributed by atoms with E-state index in [1.165, 1.54) is 16.7 Å². The molecule has 0 radical (unpaired) electrons. The Hall–Kier alpha value is -2.22. The summed E-state index contributed by atoms with van der Waals surface area (Å²) >= 11 is 0. The summed E-state index contributed by atoms with van der Waals surface area (Å²) in [5.41, 5.74) is 6.71. The van der Waals surface area contributed by atoms with Crippen molar-refractivity contribution in [3.63, 3.8) is 0 Å². The number of benzene rings is 1. The molecule has 19 heavy (non-hydrogen) atoms. The lowest BCUT2D eigenvalue weighted by molar-refractivity contribution is 1.00. The van der Waals surface area contributed by atoms with Crippen LogP contribution >= 0.6 is 0 Å². The van der Waals surface area contributed by atoms with Crippen LogP contribution in [0.3, 0.4) is 0 Å². The summed E-state index contributed by atoms with van der Waals surface area (Å²) < 4.78 is 0. The van der Waals surface area contributed by atoms with Gasteiger partial charge in [0.2, 0.25) is 0 Å². The fourth-order valence-corrected chi connectivity index (χ4v) is 2.34. The van der Waals surface area contributed by atoms with Gasteiger partial charge in [0.15, 0.2) is 0 Å². The van der Waals surface area contributed by atoms with Crippen molar-refractivity contribution in [3.8, 4) is 11.3 Å². The second-order valence-corrected chi connectivity index (χ2v) is 4.76. The van der Waals surface area contributed by atoms with Gasteiger partial charge in [-0.2, -0.15) is 0 Å². The molecule has 1 aliphatic rings. The molecule has 1 aromatic carbocycles. The van der Waals surface area contributed by atoms with Gasteiger partial charge in [0, 0.05) is 11.8 Å². The van der Waals surface area contributed by atoms with E-state index in [1.807, 2.05) is 12.4 Å². The summed E-state index contributed by atoms with van der Waals surface area (Å²) in [6.45, 7) is 6.20. The van der Waals surface area contributed by atoms with Crippen LogP contribution in [0.5, 0.6) is 0 Å². The Morgan fingerprint density at radius 3 is 3.00 bits per heavy atom. The maximum Gasteiger partial charge on any atom is 0.0888 e. The fourth-order valence-electron chi connectivity index (χ4n) is 2.34. The van der Waals surface area contributed by atoms with Gasteiger partial charge in [0.05, 0.1) is 17.6 Å². The first-order valence-corrected chi connectivity index (χ1v) is 6.58. The molecule has 0 saturated heterocycles. The molecule has 0 bridgehead atoms. The smallest absolute Gasteiger partial charge is 0.0888 e. The highest BCUT2D eigenvalue weighted by atomic mass is 14.8. The van der Waals surface area contributed by atoms with Gasteiger partial charge < -0.3 is 0 Å². The number of hydrogen-bond acceptors (Lipinski definition) is 2. The Kier molecular flexibility index (Phi) is 3.00. The molecule has 0 unspecified atom stereocenters. The zero-order valence-electron chi connectivity index (χ0n) is 11.1. The third kappa shape index (κ3) is 2.22. The van der Waals surface area contributed by atoms with Crippen molar-refractivity contribution in [1.82, 2.24) is 9.97 Å². The van der Waals surface area contributed by atoms with Gasteiger partial charge in [-0.25, -0.2) is 4.98 Å². The Bertz CT molecular complexity index is 669. The second-order valence-electron chi connectivity index (χ2n) is 4.76. The lowest BCUT2D eigenvalue weighted by atomic mass is 9.91. The molecule has 2 aromatic rings. The van der Waals surface area contributed by atoms with Gasteiger partial charge in [-0.05, 0) is 35.6 Å². The normalized spacial score (nSPS) is 13.4. The molecule has 94 valence electrons. The first-order valence-electron chi connectivity index (χ1n) is 6.58. The number of rotatable bonds is 2. The van der Waals surface area contributed by atoms with E-state index in [9.17, 15) is 0 Å². The van der Waals surface area contributed by atoms with E-state index in [1.54, 1.807) is 0 Å². The van der Waals surface area contributed by atoms with Crippen LogP contribution in [-0.2, 0) is 6.42 Å². The molecule has 1 aromatic heterocycles. The lowest BCUT2D eigenvalue weighted by Gasteiger charge is -2.14. The molecular formula is C17H16N2. The van der Waals surface area contributed by atoms with E-state index in [2.05, 4.69) is 53.8 Å². The van der Waals surface area contributed by atoms with Gasteiger partial charge in [-0.3, -0.25) is 4.98 Å². The summed E-state index contributed by atoms with van der Waals surface area (Å²) in [6.07, 6.45) is 9.80. The van der Waals surface area contributed by atoms with E-state index in [-0.39, 0.29) is 0 Å². The van der Waals surface area contributed by atoms with Crippen LogP contribution < -0.4 is 0 Å². The zero-order valence-corrected chi connectivity index (χ0v) is 11.1. The van der Waals surface area contributed by atoms with Crippen LogP contribution in [0.15, 0.2) is 43.2 Å². The molecule has 3 rings (SSSR count). The lowest BCUT2D eigenvalue weighted by Crippen LogP contribution is -1.95. The Morgan fingerprint density at radius 1 is 1.26 bits per heavy atom. The number of aryl methyl sites for hydroxylation is 1. The van der Waals surface area contributed by atoms with Crippen LogP contribution in [-0.4, -0.2) is 9.97 Å². The van der Waals surface area contributed by atoms with E-state index in [0.29, 0.717) is 0 Å². The monoisotopic (exact) mass is 248 g/mol. The summed E-state index contributed by atoms with van der Waals surface area (Å²) in [5, 5.41) is 0. The third-order valence-electron chi connectivity index (χ3n) is 3.44. The number of hydrogen-bond donors (Lipinski definition) is 0. The Morgan fingerprint density at radius 2 is 2.16 bits per heavy atom. The molecule has 0 amide bonds. The molecule has 1 aliphatic carbocycles. The predicted molar refractivity (Wildman–Crippen MR) is 79.5 cm³/mol. The third-order valence-corrected chi connectivity index (χ3v) is 3.44. The minimum atomic E-state index is 0.905. The molecule has 1 heterocycles. The highest BCUT2D eigenvalue weighted by molar-refractivity contribution is 5.80. The first kappa shape index (κ1) is 11.8. The average Bonchev–Trinajstić information content (AvgIpc) is 2.47. The second kappa shape index (κ2) is 4.81. The van der Waals surface area contributed by atoms with Gasteiger partial charge in [-0.1, -0.05) is 37.8 Å². The van der Waals surface area contributed by atoms with Crippen LogP contribution in [0.25, 0.3) is 22.9 Å². The summed E-state index contributed by atoms with van der Waals surface area (Å²) in [5.74, 6) is 0. The number of aromatic nitrogens is 2. The SMILES string of the molecule is C=C1CC=Cc2cc(-c3cncc(CC)n3)ccc21. The maximum absolute atomic E-state index is 4.62. The van der Waals surface area contributed by atoms with Gasteiger partial charge in [-0.15, -0.1) is 0 Å². The standard InChI is InChI=1S/C17H16N2/c1-3-15-10-18-11-17(19-15)14-7-8-16-12(2)5-4-6-13(16)9-14/h4,6-11H,2-3,5H2,1H3. The van der Waals surface area contributed by atoms with Crippen molar-refractivity contribution < 1.29 is 0 Å². The molecule has 0 spiro atoms. The Balaban J connectivity index is 2.07. The average molecular weight is 248 g/mol. The number of fused-ring (bicyclic) bond motifs is 1. The van der Waals surface area contributed by atoms with E-state index >= 15 is 0 Å². The molecule has 0 saturated carbocycles. The highest BCUT2D eigenvalue weighted by Gasteiger charge is 2.10. The van der Waals surface area contributed by atoms with Gasteiger partial charge in [0.25, 0.3) is 0 Å². The van der Waals surface area contributed by atoms with Gasteiger partial charge >= 0.3 is 0 Å². The highest BCUT2D eigenvalue weighted by Crippen LogP contribution is 2.30. The molecule has 0 fully saturated rings. The molecule has 2 nitrogen and oxygen atoms in total. The van der Waals surface area contributed by atoms with Crippen molar-refractivity contribution in [3.05, 3.63) is 60.1 Å². The largest absolute Gasteiger partial charge is 0.261 e. The molecule has 0 N–H and O–H groups in total. The van der Waals surface area contributed by atoms with E-state index < -0.39 is 0 Å². The minimum absolute atomic E-state index is 0.905. The van der Waals surface area contributed by atoms with Crippen LogP contribution in [0.1, 0.15) is 30.2 Å². The van der Waals surface area contributed by atoms with Crippen LogP contribution in [0, 0.1) is 0 Å². The van der Waals surface area contributed by atoms with E-state index in [0.717, 1.165) is 29.8 Å². The Labute approximate surface area is 113 Å². The zero-order chi connectivity index (χ0) is 13.2. The van der Waals surface area contributed by atoms with Crippen molar-refractivity contribution in [2.75, 3.05) is 0 Å². The van der Waals surface area contributed by atoms with Crippen LogP contribution in [0.4, 0.5) is 0 Å². The summed E-state index contributed by atoms with van der Waals surface area (Å²) in [6, 6.07) is 6.41. The van der Waals surface area contributed by atoms with Crippen molar-refractivity contribution in [1.29, 1.82) is 0 Å². The fraction of sp³-hybridized carbons (Fsp3) is 0.176. The van der Waals surface area contributed by atoms with E-state index in [4.69, 9.17) is 0 Å². The van der Waals surface area contributed by atoms with Crippen molar-refractivity contribution in [2.45, 2.75) is 19.8 Å². The number of allylic oxidation sites excluding steroid dienone is 2. The summed E-state index contributed by atoms with van der Waals surface area (Å²) in [4.78, 5) is 8.88.